The molecule has 0 spiro atoms. The zero-order valence-electron chi connectivity index (χ0n) is 15.7. The molecule has 1 aromatic rings. The second kappa shape index (κ2) is 6.43. The largest absolute Gasteiger partial charge is 0.478 e. The van der Waals surface area contributed by atoms with Gasteiger partial charge in [0.15, 0.2) is 5.78 Å². The van der Waals surface area contributed by atoms with Crippen molar-refractivity contribution in [2.45, 2.75) is 41.5 Å². The minimum absolute atomic E-state index is 0.0539. The SMILES string of the molecule is CC(C)(C)C1=CC(=Nc2cccc(C(=O)O)c2)C=C(C(C)(C)C)C1=O. The maximum Gasteiger partial charge on any atom is 0.335 e. The van der Waals surface area contributed by atoms with Crippen LogP contribution in [0.25, 0.3) is 0 Å². The first-order chi connectivity index (χ1) is 11.4. The molecule has 0 unspecified atom stereocenters. The van der Waals surface area contributed by atoms with Crippen LogP contribution in [-0.2, 0) is 4.79 Å². The number of carboxylic acid groups (broad SMARTS) is 1. The molecular formula is C21H25NO3. The molecule has 132 valence electrons. The lowest BCUT2D eigenvalue weighted by Gasteiger charge is -2.31. The van der Waals surface area contributed by atoms with Gasteiger partial charge in [-0.05, 0) is 41.2 Å². The van der Waals surface area contributed by atoms with Gasteiger partial charge in [0.1, 0.15) is 0 Å². The van der Waals surface area contributed by atoms with E-state index in [2.05, 4.69) is 4.99 Å². The van der Waals surface area contributed by atoms with E-state index in [1.165, 1.54) is 12.1 Å². The highest BCUT2D eigenvalue weighted by Crippen LogP contribution is 2.37. The van der Waals surface area contributed by atoms with E-state index in [0.29, 0.717) is 22.5 Å². The average molecular weight is 339 g/mol. The Balaban J connectivity index is 2.59. The van der Waals surface area contributed by atoms with Crippen molar-refractivity contribution in [1.29, 1.82) is 0 Å². The molecule has 0 saturated heterocycles. The number of rotatable bonds is 2. The Labute approximate surface area is 149 Å². The number of carbonyl (C=O) groups excluding carboxylic acids is 1. The fourth-order valence-corrected chi connectivity index (χ4v) is 2.65. The van der Waals surface area contributed by atoms with Gasteiger partial charge in [0.05, 0.1) is 17.0 Å². The first kappa shape index (κ1) is 18.8. The minimum Gasteiger partial charge on any atom is -0.478 e. The Morgan fingerprint density at radius 3 is 1.92 bits per heavy atom. The van der Waals surface area contributed by atoms with E-state index in [4.69, 9.17) is 5.11 Å². The number of aromatic carboxylic acids is 1. The molecule has 0 bridgehead atoms. The van der Waals surface area contributed by atoms with Crippen molar-refractivity contribution in [2.75, 3.05) is 0 Å². The van der Waals surface area contributed by atoms with Crippen molar-refractivity contribution in [1.82, 2.24) is 0 Å². The Morgan fingerprint density at radius 1 is 0.960 bits per heavy atom. The summed E-state index contributed by atoms with van der Waals surface area (Å²) in [6, 6.07) is 6.48. The highest BCUT2D eigenvalue weighted by atomic mass is 16.4. The van der Waals surface area contributed by atoms with Gasteiger partial charge in [-0.2, -0.15) is 0 Å². The monoisotopic (exact) mass is 339 g/mol. The van der Waals surface area contributed by atoms with E-state index < -0.39 is 5.97 Å². The summed E-state index contributed by atoms with van der Waals surface area (Å²) in [5, 5.41) is 9.13. The van der Waals surface area contributed by atoms with Gasteiger partial charge in [-0.1, -0.05) is 47.6 Å². The van der Waals surface area contributed by atoms with E-state index >= 15 is 0 Å². The number of nitrogens with zero attached hydrogens (tertiary/aromatic N) is 1. The molecule has 0 aromatic heterocycles. The smallest absolute Gasteiger partial charge is 0.335 e. The number of ketones is 1. The summed E-state index contributed by atoms with van der Waals surface area (Å²) in [5.41, 5.74) is 2.24. The molecule has 0 radical (unpaired) electrons. The van der Waals surface area contributed by atoms with Gasteiger partial charge in [-0.3, -0.25) is 4.79 Å². The highest BCUT2D eigenvalue weighted by molar-refractivity contribution is 6.23. The zero-order chi connectivity index (χ0) is 19.0. The molecule has 1 N–H and O–H groups in total. The summed E-state index contributed by atoms with van der Waals surface area (Å²) in [6.07, 6.45) is 3.62. The Kier molecular flexibility index (Phi) is 4.85. The van der Waals surface area contributed by atoms with Crippen molar-refractivity contribution in [2.24, 2.45) is 15.8 Å². The summed E-state index contributed by atoms with van der Waals surface area (Å²) in [6.45, 7) is 12.0. The lowest BCUT2D eigenvalue weighted by atomic mass is 9.72. The normalized spacial score (nSPS) is 15.6. The lowest BCUT2D eigenvalue weighted by Crippen LogP contribution is -2.29. The quantitative estimate of drug-likeness (QED) is 0.772. The fourth-order valence-electron chi connectivity index (χ4n) is 2.65. The number of carbonyl (C=O) groups is 2. The van der Waals surface area contributed by atoms with Crippen LogP contribution in [0.15, 0.2) is 52.6 Å². The van der Waals surface area contributed by atoms with Crippen LogP contribution in [0.2, 0.25) is 0 Å². The average Bonchev–Trinajstić information content (AvgIpc) is 2.46. The number of benzene rings is 1. The number of hydrogen-bond donors (Lipinski definition) is 1. The molecule has 0 amide bonds. The second-order valence-electron chi connectivity index (χ2n) is 8.34. The number of allylic oxidation sites excluding steroid dienone is 4. The molecule has 1 aliphatic rings. The van der Waals surface area contributed by atoms with E-state index in [1.807, 2.05) is 53.7 Å². The number of carboxylic acids is 1. The van der Waals surface area contributed by atoms with Gasteiger partial charge in [0, 0.05) is 11.1 Å². The van der Waals surface area contributed by atoms with Crippen LogP contribution < -0.4 is 0 Å². The van der Waals surface area contributed by atoms with Gasteiger partial charge in [0.25, 0.3) is 0 Å². The first-order valence-electron chi connectivity index (χ1n) is 8.31. The van der Waals surface area contributed by atoms with E-state index in [1.54, 1.807) is 12.1 Å². The van der Waals surface area contributed by atoms with Gasteiger partial charge >= 0.3 is 5.97 Å². The molecule has 0 saturated carbocycles. The van der Waals surface area contributed by atoms with Gasteiger partial charge in [-0.25, -0.2) is 9.79 Å². The Morgan fingerprint density at radius 2 is 1.48 bits per heavy atom. The summed E-state index contributed by atoms with van der Waals surface area (Å²) in [4.78, 5) is 28.6. The summed E-state index contributed by atoms with van der Waals surface area (Å²) in [5.74, 6) is -0.934. The highest BCUT2D eigenvalue weighted by Gasteiger charge is 2.34. The number of Topliss-reactive ketones (excluding diaryl/α,β-unsaturated/α-hetero) is 1. The van der Waals surface area contributed by atoms with Gasteiger partial charge in [0.2, 0.25) is 0 Å². The predicted octanol–water partition coefficient (Wildman–Crippen LogP) is 4.99. The van der Waals surface area contributed by atoms with Crippen LogP contribution in [0.1, 0.15) is 51.9 Å². The van der Waals surface area contributed by atoms with Crippen molar-refractivity contribution >= 4 is 23.2 Å². The Hall–Kier alpha value is -2.49. The van der Waals surface area contributed by atoms with Gasteiger partial charge < -0.3 is 5.11 Å². The van der Waals surface area contributed by atoms with Crippen molar-refractivity contribution in [3.8, 4) is 0 Å². The maximum absolute atomic E-state index is 12.9. The van der Waals surface area contributed by atoms with Crippen molar-refractivity contribution in [3.63, 3.8) is 0 Å². The molecule has 2 rings (SSSR count). The van der Waals surface area contributed by atoms with Crippen molar-refractivity contribution in [3.05, 3.63) is 53.1 Å². The third-order valence-corrected chi connectivity index (χ3v) is 4.04. The van der Waals surface area contributed by atoms with Crippen LogP contribution in [0.3, 0.4) is 0 Å². The second-order valence-corrected chi connectivity index (χ2v) is 8.34. The molecule has 1 aromatic carbocycles. The van der Waals surface area contributed by atoms with Gasteiger partial charge in [-0.15, -0.1) is 0 Å². The third-order valence-electron chi connectivity index (χ3n) is 4.04. The van der Waals surface area contributed by atoms with Crippen LogP contribution in [0, 0.1) is 10.8 Å². The Bertz CT molecular complexity index is 776. The maximum atomic E-state index is 12.9. The molecule has 4 heteroatoms. The molecule has 4 nitrogen and oxygen atoms in total. The van der Waals surface area contributed by atoms with Crippen LogP contribution in [0.4, 0.5) is 5.69 Å². The molecule has 0 fully saturated rings. The molecule has 25 heavy (non-hydrogen) atoms. The topological polar surface area (TPSA) is 66.7 Å². The molecule has 0 aliphatic heterocycles. The summed E-state index contributed by atoms with van der Waals surface area (Å²) in [7, 11) is 0. The first-order valence-corrected chi connectivity index (χ1v) is 8.31. The predicted molar refractivity (Wildman–Crippen MR) is 101 cm³/mol. The lowest BCUT2D eigenvalue weighted by molar-refractivity contribution is -0.114. The van der Waals surface area contributed by atoms with Crippen LogP contribution in [-0.4, -0.2) is 22.6 Å². The fraction of sp³-hybridized carbons (Fsp3) is 0.381. The van der Waals surface area contributed by atoms with Crippen molar-refractivity contribution < 1.29 is 14.7 Å². The van der Waals surface area contributed by atoms with E-state index in [-0.39, 0.29) is 22.2 Å². The van der Waals surface area contributed by atoms with E-state index in [0.717, 1.165) is 0 Å². The molecule has 0 heterocycles. The summed E-state index contributed by atoms with van der Waals surface area (Å²) < 4.78 is 0. The zero-order valence-corrected chi connectivity index (χ0v) is 15.7. The number of aliphatic imine (C=N–C) groups is 1. The molecule has 1 aliphatic carbocycles. The van der Waals surface area contributed by atoms with E-state index in [9.17, 15) is 9.59 Å². The summed E-state index contributed by atoms with van der Waals surface area (Å²) >= 11 is 0. The number of hydrogen-bond acceptors (Lipinski definition) is 3. The van der Waals surface area contributed by atoms with Crippen LogP contribution >= 0.6 is 0 Å². The third kappa shape index (κ3) is 4.32. The molecule has 0 atom stereocenters. The molecular weight excluding hydrogens is 314 g/mol. The standard InChI is InChI=1S/C21H25NO3/c1-20(2,3)16-11-15(12-17(18(16)23)21(4,5)6)22-14-9-7-8-13(10-14)19(24)25/h7-12H,1-6H3,(H,24,25). The minimum atomic E-state index is -0.988. The van der Waals surface area contributed by atoms with Crippen LogP contribution in [0.5, 0.6) is 0 Å².